The van der Waals surface area contributed by atoms with E-state index in [4.69, 9.17) is 17.5 Å². The molecular weight excluding hydrogens is 476 g/mol. The first kappa shape index (κ1) is 22.1. The number of hydrogen-bond acceptors (Lipinski definition) is 6. The molecule has 0 saturated heterocycles. The Bertz CT molecular complexity index is 1440. The summed E-state index contributed by atoms with van der Waals surface area (Å²) in [7, 11) is 0. The van der Waals surface area contributed by atoms with E-state index < -0.39 is 22.7 Å². The van der Waals surface area contributed by atoms with Crippen molar-refractivity contribution in [1.29, 1.82) is 0 Å². The van der Waals surface area contributed by atoms with Crippen molar-refractivity contribution in [1.82, 2.24) is 9.97 Å². The summed E-state index contributed by atoms with van der Waals surface area (Å²) in [4.78, 5) is 9.18. The van der Waals surface area contributed by atoms with Crippen molar-refractivity contribution in [3.8, 4) is 33.8 Å². The van der Waals surface area contributed by atoms with E-state index in [0.717, 1.165) is 44.1 Å². The van der Waals surface area contributed by atoms with Gasteiger partial charge in [-0.1, -0.05) is 36.4 Å². The lowest BCUT2D eigenvalue weighted by Crippen LogP contribution is -1.97. The molecule has 0 aliphatic carbocycles. The smallest absolute Gasteiger partial charge is 0.357 e. The van der Waals surface area contributed by atoms with Gasteiger partial charge in [0.15, 0.2) is 0 Å². The predicted molar refractivity (Wildman–Crippen MR) is 131 cm³/mol. The molecule has 0 fully saturated rings. The fourth-order valence-electron chi connectivity index (χ4n) is 3.88. The molecule has 5 rings (SSSR count). The van der Waals surface area contributed by atoms with E-state index in [1.54, 1.807) is 36.7 Å². The van der Waals surface area contributed by atoms with Crippen LogP contribution in [0.4, 0.5) is 0 Å². The molecule has 2 atom stereocenters. The molecule has 3 aromatic carbocycles. The van der Waals surface area contributed by atoms with Crippen molar-refractivity contribution >= 4 is 44.5 Å². The van der Waals surface area contributed by atoms with Gasteiger partial charge < -0.3 is 8.37 Å². The van der Waals surface area contributed by atoms with Crippen LogP contribution in [0.3, 0.4) is 0 Å². The second-order valence-corrected chi connectivity index (χ2v) is 8.43. The van der Waals surface area contributed by atoms with Crippen LogP contribution in [0.2, 0.25) is 0 Å². The van der Waals surface area contributed by atoms with E-state index in [-0.39, 0.29) is 0 Å². The Labute approximate surface area is 199 Å². The zero-order valence-electron chi connectivity index (χ0n) is 17.3. The minimum Gasteiger partial charge on any atom is -0.380 e. The average Bonchev–Trinajstić information content (AvgIpc) is 2.83. The standard InChI is InChI=1S/C24H16N2O6S2/c27-33(28)31-17-5-1-15(2-6-17)19-11-13-25-23-21(19)9-10-22-20(12-14-26-24(22)23)16-3-7-18(8-4-16)32-34(29)30/h1-14H,(H,27,28)(H,29,30). The van der Waals surface area contributed by atoms with Crippen molar-refractivity contribution in [3.05, 3.63) is 85.2 Å². The highest BCUT2D eigenvalue weighted by Gasteiger charge is 2.13. The average molecular weight is 493 g/mol. The normalized spacial score (nSPS) is 13.0. The van der Waals surface area contributed by atoms with Crippen LogP contribution in [0.5, 0.6) is 11.5 Å². The highest BCUT2D eigenvalue weighted by molar-refractivity contribution is 7.74. The molecule has 2 N–H and O–H groups in total. The van der Waals surface area contributed by atoms with Gasteiger partial charge in [-0.3, -0.25) is 19.1 Å². The fraction of sp³-hybridized carbons (Fsp3) is 0. The first-order valence-electron chi connectivity index (χ1n) is 9.95. The molecule has 34 heavy (non-hydrogen) atoms. The molecule has 5 aromatic rings. The van der Waals surface area contributed by atoms with Crippen LogP contribution >= 0.6 is 0 Å². The molecule has 0 aliphatic heterocycles. The Balaban J connectivity index is 1.59. The molecule has 2 unspecified atom stereocenters. The summed E-state index contributed by atoms with van der Waals surface area (Å²) in [6.07, 6.45) is 3.44. The third-order valence-corrected chi connectivity index (χ3v) is 5.96. The summed E-state index contributed by atoms with van der Waals surface area (Å²) in [5, 5.41) is 1.82. The highest BCUT2D eigenvalue weighted by atomic mass is 32.2. The number of aromatic nitrogens is 2. The molecule has 0 saturated carbocycles. The summed E-state index contributed by atoms with van der Waals surface area (Å²) in [6, 6.07) is 21.6. The summed E-state index contributed by atoms with van der Waals surface area (Å²) in [5.41, 5.74) is 5.16. The van der Waals surface area contributed by atoms with Crippen molar-refractivity contribution in [3.63, 3.8) is 0 Å². The van der Waals surface area contributed by atoms with Crippen LogP contribution in [0.25, 0.3) is 44.1 Å². The molecule has 0 aliphatic rings. The Morgan fingerprint density at radius 1 is 0.559 bits per heavy atom. The van der Waals surface area contributed by atoms with E-state index in [1.165, 1.54) is 0 Å². The number of hydrogen-bond donors (Lipinski definition) is 2. The molecule has 2 heterocycles. The van der Waals surface area contributed by atoms with Crippen LogP contribution in [0.15, 0.2) is 85.2 Å². The van der Waals surface area contributed by atoms with Crippen molar-refractivity contribution in [2.75, 3.05) is 0 Å². The van der Waals surface area contributed by atoms with Gasteiger partial charge in [0.1, 0.15) is 11.5 Å². The first-order chi connectivity index (χ1) is 16.5. The number of pyridine rings is 2. The summed E-state index contributed by atoms with van der Waals surface area (Å²) in [6.45, 7) is 0. The van der Waals surface area contributed by atoms with E-state index in [9.17, 15) is 8.42 Å². The number of benzene rings is 3. The number of nitrogens with zero attached hydrogens (tertiary/aromatic N) is 2. The number of fused-ring (bicyclic) bond motifs is 3. The maximum atomic E-state index is 10.9. The van der Waals surface area contributed by atoms with E-state index in [0.29, 0.717) is 11.5 Å². The van der Waals surface area contributed by atoms with Crippen LogP contribution in [-0.4, -0.2) is 27.5 Å². The molecule has 0 spiro atoms. The molecule has 8 nitrogen and oxygen atoms in total. The zero-order chi connectivity index (χ0) is 23.7. The van der Waals surface area contributed by atoms with Gasteiger partial charge >= 0.3 is 22.7 Å². The van der Waals surface area contributed by atoms with Crippen LogP contribution in [-0.2, 0) is 22.7 Å². The Morgan fingerprint density at radius 2 is 0.941 bits per heavy atom. The second-order valence-electron chi connectivity index (χ2n) is 7.22. The maximum Gasteiger partial charge on any atom is 0.357 e. The quantitative estimate of drug-likeness (QED) is 0.247. The number of rotatable bonds is 6. The third kappa shape index (κ3) is 4.39. The Morgan fingerprint density at radius 3 is 1.29 bits per heavy atom. The lowest BCUT2D eigenvalue weighted by atomic mass is 9.96. The SMILES string of the molecule is O=S(O)Oc1ccc(-c2ccnc3c2ccc2c(-c4ccc(OS(=O)O)cc4)ccnc23)cc1. The molecule has 10 heteroatoms. The first-order valence-corrected chi connectivity index (χ1v) is 12.0. The van der Waals surface area contributed by atoms with Gasteiger partial charge in [-0.15, -0.1) is 0 Å². The summed E-state index contributed by atoms with van der Waals surface area (Å²) in [5.74, 6) is 0.586. The van der Waals surface area contributed by atoms with Crippen LogP contribution in [0, 0.1) is 0 Å². The lowest BCUT2D eigenvalue weighted by molar-refractivity contribution is 0.456. The molecular formula is C24H16N2O6S2. The lowest BCUT2D eigenvalue weighted by Gasteiger charge is -2.11. The molecule has 0 amide bonds. The predicted octanol–water partition coefficient (Wildman–Crippen LogP) is 5.15. The van der Waals surface area contributed by atoms with Gasteiger partial charge in [0.25, 0.3) is 0 Å². The fourth-order valence-corrected chi connectivity index (χ4v) is 4.43. The van der Waals surface area contributed by atoms with Gasteiger partial charge in [0.05, 0.1) is 11.0 Å². The van der Waals surface area contributed by atoms with E-state index in [2.05, 4.69) is 9.97 Å². The molecule has 0 radical (unpaired) electrons. The minimum absolute atomic E-state index is 0.293. The molecule has 0 bridgehead atoms. The highest BCUT2D eigenvalue weighted by Crippen LogP contribution is 2.35. The van der Waals surface area contributed by atoms with Gasteiger partial charge in [0.2, 0.25) is 0 Å². The van der Waals surface area contributed by atoms with E-state index in [1.807, 2.05) is 48.5 Å². The third-order valence-electron chi connectivity index (χ3n) is 5.29. The van der Waals surface area contributed by atoms with Gasteiger partial charge in [-0.25, -0.2) is 0 Å². The van der Waals surface area contributed by atoms with Gasteiger partial charge in [-0.05, 0) is 58.7 Å². The minimum atomic E-state index is -2.38. The van der Waals surface area contributed by atoms with Crippen molar-refractivity contribution in [2.24, 2.45) is 0 Å². The summed E-state index contributed by atoms with van der Waals surface area (Å²) < 4.78 is 49.1. The van der Waals surface area contributed by atoms with Gasteiger partial charge in [0, 0.05) is 23.2 Å². The maximum absolute atomic E-state index is 10.9. The Hall–Kier alpha value is -3.70. The van der Waals surface area contributed by atoms with Crippen molar-refractivity contribution < 1.29 is 25.9 Å². The van der Waals surface area contributed by atoms with Crippen LogP contribution in [0.1, 0.15) is 0 Å². The summed E-state index contributed by atoms with van der Waals surface area (Å²) >= 11 is -4.76. The largest absolute Gasteiger partial charge is 0.380 e. The Kier molecular flexibility index (Phi) is 6.03. The zero-order valence-corrected chi connectivity index (χ0v) is 19.0. The topological polar surface area (TPSA) is 119 Å². The molecule has 170 valence electrons. The van der Waals surface area contributed by atoms with Crippen molar-refractivity contribution in [2.45, 2.75) is 0 Å². The molecule has 2 aromatic heterocycles. The monoisotopic (exact) mass is 492 g/mol. The van der Waals surface area contributed by atoms with Gasteiger partial charge in [-0.2, -0.15) is 8.42 Å². The van der Waals surface area contributed by atoms with E-state index >= 15 is 0 Å². The van der Waals surface area contributed by atoms with Crippen LogP contribution < -0.4 is 8.37 Å². The second kappa shape index (κ2) is 9.27.